The van der Waals surface area contributed by atoms with Crippen LogP contribution >= 0.6 is 0 Å². The number of hydrogen-bond donors (Lipinski definition) is 0. The van der Waals surface area contributed by atoms with E-state index in [1.54, 1.807) is 6.92 Å². The summed E-state index contributed by atoms with van der Waals surface area (Å²) in [5, 5.41) is -0.580. The summed E-state index contributed by atoms with van der Waals surface area (Å²) in [6, 6.07) is 0. The average molecular weight is 304 g/mol. The first-order valence-corrected chi connectivity index (χ1v) is 7.63. The molecule has 1 aliphatic heterocycles. The van der Waals surface area contributed by atoms with Gasteiger partial charge in [0.25, 0.3) is 10.1 Å². The van der Waals surface area contributed by atoms with Crippen LogP contribution in [0.3, 0.4) is 0 Å². The Bertz CT molecular complexity index is 550. The van der Waals surface area contributed by atoms with E-state index in [0.717, 1.165) is 0 Å². The molecule has 0 amide bonds. The molecule has 0 spiro atoms. The number of rotatable bonds is 4. The van der Waals surface area contributed by atoms with Crippen molar-refractivity contribution in [2.24, 2.45) is 5.92 Å². The second kappa shape index (κ2) is 5.17. The molecule has 112 valence electrons. The first-order chi connectivity index (χ1) is 9.22. The maximum atomic E-state index is 11.5. The molecule has 0 aromatic heterocycles. The highest BCUT2D eigenvalue weighted by atomic mass is 32.2. The Hall–Kier alpha value is -1.41. The lowest BCUT2D eigenvalue weighted by atomic mass is 9.77. The zero-order chi connectivity index (χ0) is 15.1. The number of carbonyl (C=O) groups excluding carboxylic acids is 2. The van der Waals surface area contributed by atoms with Gasteiger partial charge in [0.2, 0.25) is 0 Å². The monoisotopic (exact) mass is 304 g/mol. The van der Waals surface area contributed by atoms with Crippen LogP contribution in [0.1, 0.15) is 20.3 Å². The van der Waals surface area contributed by atoms with Gasteiger partial charge in [-0.1, -0.05) is 6.58 Å². The first-order valence-electron chi connectivity index (χ1n) is 6.16. The van der Waals surface area contributed by atoms with Crippen molar-refractivity contribution in [1.82, 2.24) is 0 Å². The quantitative estimate of drug-likeness (QED) is 0.414. The maximum absolute atomic E-state index is 11.5. The number of esters is 2. The lowest BCUT2D eigenvalue weighted by Crippen LogP contribution is -2.49. The second-order valence-electron chi connectivity index (χ2n) is 5.04. The smallest absolute Gasteiger partial charge is 0.344 e. The highest BCUT2D eigenvalue weighted by molar-refractivity contribution is 7.87. The summed E-state index contributed by atoms with van der Waals surface area (Å²) in [5.41, 5.74) is 0.181. The van der Waals surface area contributed by atoms with Crippen LogP contribution in [0.4, 0.5) is 0 Å². The Morgan fingerprint density at radius 1 is 1.40 bits per heavy atom. The lowest BCUT2D eigenvalue weighted by Gasteiger charge is -2.37. The van der Waals surface area contributed by atoms with Crippen molar-refractivity contribution in [3.8, 4) is 0 Å². The third kappa shape index (κ3) is 2.71. The largest absolute Gasteiger partial charge is 0.457 e. The van der Waals surface area contributed by atoms with Gasteiger partial charge in [0, 0.05) is 11.5 Å². The van der Waals surface area contributed by atoms with E-state index in [0.29, 0.717) is 6.42 Å². The van der Waals surface area contributed by atoms with Crippen LogP contribution in [0.25, 0.3) is 0 Å². The Balaban J connectivity index is 1.81. The fourth-order valence-corrected chi connectivity index (χ4v) is 3.68. The number of ether oxygens (including phenoxy) is 2. The van der Waals surface area contributed by atoms with Crippen molar-refractivity contribution in [1.29, 1.82) is 0 Å². The highest BCUT2D eigenvalue weighted by Gasteiger charge is 2.58. The molecule has 1 heterocycles. The van der Waals surface area contributed by atoms with Gasteiger partial charge < -0.3 is 9.47 Å². The average Bonchev–Trinajstić information content (AvgIpc) is 2.53. The summed E-state index contributed by atoms with van der Waals surface area (Å²) in [6.45, 7) is 5.89. The molecule has 2 rings (SSSR count). The SMILES string of the molecule is C=C(C)C(=O)OCC(=O)OC1CC2C1OS(=O)(=O)C2C. The van der Waals surface area contributed by atoms with Gasteiger partial charge in [0.1, 0.15) is 12.2 Å². The summed E-state index contributed by atoms with van der Waals surface area (Å²) >= 11 is 0. The summed E-state index contributed by atoms with van der Waals surface area (Å²) < 4.78 is 37.6. The first kappa shape index (κ1) is 15.0. The molecule has 0 aromatic carbocycles. The number of hydrogen-bond acceptors (Lipinski definition) is 7. The normalized spacial score (nSPS) is 33.7. The van der Waals surface area contributed by atoms with Crippen LogP contribution in [0, 0.1) is 5.92 Å². The van der Waals surface area contributed by atoms with Crippen molar-refractivity contribution in [3.63, 3.8) is 0 Å². The van der Waals surface area contributed by atoms with Gasteiger partial charge in [-0.25, -0.2) is 9.59 Å². The van der Waals surface area contributed by atoms with E-state index in [4.69, 9.17) is 8.92 Å². The Morgan fingerprint density at radius 3 is 2.60 bits per heavy atom. The number of carbonyl (C=O) groups is 2. The van der Waals surface area contributed by atoms with Gasteiger partial charge in [-0.15, -0.1) is 0 Å². The molecule has 8 heteroatoms. The van der Waals surface area contributed by atoms with E-state index < -0.39 is 46.1 Å². The molecule has 7 nitrogen and oxygen atoms in total. The van der Waals surface area contributed by atoms with Crippen LogP contribution in [0.2, 0.25) is 0 Å². The molecule has 20 heavy (non-hydrogen) atoms. The standard InChI is InChI=1S/C12H16O7S/c1-6(2)12(14)17-5-10(13)18-9-4-8-7(3)20(15,16)19-11(8)9/h7-9,11H,1,4-5H2,2-3H3. The molecule has 4 atom stereocenters. The highest BCUT2D eigenvalue weighted by Crippen LogP contribution is 2.45. The molecule has 0 radical (unpaired) electrons. The van der Waals surface area contributed by atoms with Crippen molar-refractivity contribution in [3.05, 3.63) is 12.2 Å². The maximum Gasteiger partial charge on any atom is 0.344 e. The summed E-state index contributed by atoms with van der Waals surface area (Å²) in [6.07, 6.45) is -0.780. The fourth-order valence-electron chi connectivity index (χ4n) is 2.23. The molecule has 1 aliphatic carbocycles. The topological polar surface area (TPSA) is 96.0 Å². The van der Waals surface area contributed by atoms with Gasteiger partial charge >= 0.3 is 11.9 Å². The molecular formula is C12H16O7S. The van der Waals surface area contributed by atoms with Crippen molar-refractivity contribution >= 4 is 22.1 Å². The van der Waals surface area contributed by atoms with Crippen molar-refractivity contribution in [2.45, 2.75) is 37.7 Å². The van der Waals surface area contributed by atoms with Crippen LogP contribution in [-0.2, 0) is 33.4 Å². The molecule has 0 N–H and O–H groups in total. The number of fused-ring (bicyclic) bond motifs is 1. The van der Waals surface area contributed by atoms with Crippen LogP contribution in [-0.4, -0.2) is 44.4 Å². The molecule has 1 saturated heterocycles. The van der Waals surface area contributed by atoms with Gasteiger partial charge in [0.15, 0.2) is 6.61 Å². The molecular weight excluding hydrogens is 288 g/mol. The Kier molecular flexibility index (Phi) is 3.88. The molecule has 0 bridgehead atoms. The van der Waals surface area contributed by atoms with E-state index in [9.17, 15) is 18.0 Å². The molecule has 4 unspecified atom stereocenters. The third-order valence-electron chi connectivity index (χ3n) is 3.55. The third-order valence-corrected chi connectivity index (χ3v) is 5.30. The molecule has 2 fully saturated rings. The minimum Gasteiger partial charge on any atom is -0.457 e. The Morgan fingerprint density at radius 2 is 2.05 bits per heavy atom. The summed E-state index contributed by atoms with van der Waals surface area (Å²) in [7, 11) is -3.55. The van der Waals surface area contributed by atoms with E-state index in [1.807, 2.05) is 0 Å². The van der Waals surface area contributed by atoms with Gasteiger partial charge in [-0.05, 0) is 20.3 Å². The van der Waals surface area contributed by atoms with Crippen molar-refractivity contribution < 1.29 is 31.7 Å². The van der Waals surface area contributed by atoms with Crippen LogP contribution in [0.5, 0.6) is 0 Å². The molecule has 2 aliphatic rings. The van der Waals surface area contributed by atoms with E-state index in [-0.39, 0.29) is 11.5 Å². The van der Waals surface area contributed by atoms with Crippen molar-refractivity contribution in [2.75, 3.05) is 6.61 Å². The Labute approximate surface area is 117 Å². The van der Waals surface area contributed by atoms with Crippen LogP contribution < -0.4 is 0 Å². The van der Waals surface area contributed by atoms with Crippen LogP contribution in [0.15, 0.2) is 12.2 Å². The molecule has 0 aromatic rings. The second-order valence-corrected chi connectivity index (χ2v) is 6.96. The van der Waals surface area contributed by atoms with E-state index in [2.05, 4.69) is 11.3 Å². The predicted molar refractivity (Wildman–Crippen MR) is 67.0 cm³/mol. The van der Waals surface area contributed by atoms with E-state index >= 15 is 0 Å². The zero-order valence-corrected chi connectivity index (χ0v) is 12.0. The van der Waals surface area contributed by atoms with Gasteiger partial charge in [-0.3, -0.25) is 4.18 Å². The molecule has 1 saturated carbocycles. The minimum absolute atomic E-state index is 0.143. The van der Waals surface area contributed by atoms with E-state index in [1.165, 1.54) is 6.92 Å². The van der Waals surface area contributed by atoms with Gasteiger partial charge in [-0.2, -0.15) is 8.42 Å². The lowest BCUT2D eigenvalue weighted by molar-refractivity contribution is -0.174. The zero-order valence-electron chi connectivity index (χ0n) is 11.2. The fraction of sp³-hybridized carbons (Fsp3) is 0.667. The summed E-state index contributed by atoms with van der Waals surface area (Å²) in [5.74, 6) is -1.55. The summed E-state index contributed by atoms with van der Waals surface area (Å²) in [4.78, 5) is 22.6. The minimum atomic E-state index is -3.55. The predicted octanol–water partition coefficient (Wildman–Crippen LogP) is 0.155. The van der Waals surface area contributed by atoms with Gasteiger partial charge in [0.05, 0.1) is 5.25 Å².